The predicted octanol–water partition coefficient (Wildman–Crippen LogP) is 4.15. The summed E-state index contributed by atoms with van der Waals surface area (Å²) in [6.45, 7) is 3.74. The Morgan fingerprint density at radius 2 is 1.60 bits per heavy atom. The summed E-state index contributed by atoms with van der Waals surface area (Å²) in [5.74, 6) is 0.198. The van der Waals surface area contributed by atoms with Gasteiger partial charge in [-0.05, 0) is 73.5 Å². The molecule has 3 aromatic rings. The molecule has 0 fully saturated rings. The minimum Gasteiger partial charge on any atom is -0.484 e. The first-order valence-corrected chi connectivity index (χ1v) is 10.9. The maximum Gasteiger partial charge on any atom is 0.264 e. The van der Waals surface area contributed by atoms with Gasteiger partial charge in [-0.1, -0.05) is 24.3 Å². The average Bonchev–Trinajstić information content (AvgIpc) is 2.75. The van der Waals surface area contributed by atoms with Crippen molar-refractivity contribution in [3.63, 3.8) is 0 Å². The van der Waals surface area contributed by atoms with E-state index in [-0.39, 0.29) is 17.4 Å². The molecule has 3 aromatic carbocycles. The number of hydrogen-bond donors (Lipinski definition) is 1. The molecule has 0 aromatic heterocycles. The number of nitrogens with one attached hydrogen (secondary N) is 1. The van der Waals surface area contributed by atoms with Gasteiger partial charge in [0.25, 0.3) is 15.9 Å². The van der Waals surface area contributed by atoms with Gasteiger partial charge in [0.2, 0.25) is 0 Å². The van der Waals surface area contributed by atoms with Gasteiger partial charge in [0, 0.05) is 18.4 Å². The van der Waals surface area contributed by atoms with Gasteiger partial charge in [0.05, 0.1) is 4.90 Å². The van der Waals surface area contributed by atoms with Crippen molar-refractivity contribution in [2.45, 2.75) is 18.7 Å². The third kappa shape index (κ3) is 5.18. The molecule has 0 aliphatic rings. The summed E-state index contributed by atoms with van der Waals surface area (Å²) in [5, 5.41) is 0. The average molecular weight is 425 g/mol. The monoisotopic (exact) mass is 424 g/mol. The number of sulfonamides is 1. The smallest absolute Gasteiger partial charge is 0.264 e. The predicted molar refractivity (Wildman–Crippen MR) is 119 cm³/mol. The largest absolute Gasteiger partial charge is 0.484 e. The van der Waals surface area contributed by atoms with Crippen LogP contribution in [0.1, 0.15) is 11.1 Å². The van der Waals surface area contributed by atoms with E-state index in [0.29, 0.717) is 11.4 Å². The number of benzene rings is 3. The molecule has 3 rings (SSSR count). The molecule has 0 atom stereocenters. The molecule has 0 aliphatic heterocycles. The Morgan fingerprint density at radius 1 is 0.933 bits per heavy atom. The van der Waals surface area contributed by atoms with Crippen molar-refractivity contribution in [1.82, 2.24) is 0 Å². The van der Waals surface area contributed by atoms with E-state index in [1.807, 2.05) is 50.2 Å². The minimum atomic E-state index is -3.72. The number of carbonyl (C=O) groups excluding carboxylic acids is 1. The molecule has 0 saturated carbocycles. The number of nitrogens with zero attached hydrogens (tertiary/aromatic N) is 1. The maximum atomic E-state index is 12.6. The molecule has 0 spiro atoms. The molecule has 30 heavy (non-hydrogen) atoms. The normalized spacial score (nSPS) is 11.0. The lowest BCUT2D eigenvalue weighted by Gasteiger charge is -2.17. The van der Waals surface area contributed by atoms with Crippen molar-refractivity contribution in [3.8, 4) is 5.75 Å². The zero-order valence-corrected chi connectivity index (χ0v) is 17.9. The van der Waals surface area contributed by atoms with Crippen LogP contribution in [0.4, 0.5) is 11.4 Å². The van der Waals surface area contributed by atoms with Crippen LogP contribution in [-0.4, -0.2) is 28.0 Å². The second-order valence-electron chi connectivity index (χ2n) is 6.95. The molecule has 1 amide bonds. The molecular weight excluding hydrogens is 400 g/mol. The summed E-state index contributed by atoms with van der Waals surface area (Å²) < 4.78 is 33.3. The molecule has 0 saturated heterocycles. The zero-order valence-electron chi connectivity index (χ0n) is 17.1. The van der Waals surface area contributed by atoms with Gasteiger partial charge in [0.15, 0.2) is 6.61 Å². The van der Waals surface area contributed by atoms with Crippen molar-refractivity contribution in [1.29, 1.82) is 0 Å². The van der Waals surface area contributed by atoms with Crippen LogP contribution in [-0.2, 0) is 14.8 Å². The Morgan fingerprint density at radius 3 is 2.23 bits per heavy atom. The van der Waals surface area contributed by atoms with Gasteiger partial charge < -0.3 is 9.64 Å². The van der Waals surface area contributed by atoms with Gasteiger partial charge >= 0.3 is 0 Å². The topological polar surface area (TPSA) is 75.7 Å². The standard InChI is InChI=1S/C23H24N2O4S/c1-17-9-10-19(15-18(17)2)24-30(27,28)22-13-11-21(12-14-22)29-16-23(26)25(3)20-7-5-4-6-8-20/h4-15,24H,16H2,1-3H3. The number of ether oxygens (including phenoxy) is 1. The highest BCUT2D eigenvalue weighted by Gasteiger charge is 2.15. The summed E-state index contributed by atoms with van der Waals surface area (Å²) in [5.41, 5.74) is 3.37. The first-order valence-electron chi connectivity index (χ1n) is 9.41. The van der Waals surface area contributed by atoms with Crippen LogP contribution in [0.15, 0.2) is 77.7 Å². The summed E-state index contributed by atoms with van der Waals surface area (Å²) in [6, 6.07) is 20.6. The number of hydrogen-bond acceptors (Lipinski definition) is 4. The first kappa shape index (κ1) is 21.4. The first-order chi connectivity index (χ1) is 14.3. The molecule has 0 heterocycles. The van der Waals surface area contributed by atoms with Crippen molar-refractivity contribution >= 4 is 27.3 Å². The van der Waals surface area contributed by atoms with Crippen molar-refractivity contribution in [2.75, 3.05) is 23.3 Å². The number of para-hydroxylation sites is 1. The molecule has 0 radical (unpaired) electrons. The van der Waals surface area contributed by atoms with Gasteiger partial charge in [-0.3, -0.25) is 9.52 Å². The molecule has 6 nitrogen and oxygen atoms in total. The van der Waals surface area contributed by atoms with Crippen LogP contribution >= 0.6 is 0 Å². The summed E-state index contributed by atoms with van der Waals surface area (Å²) in [4.78, 5) is 13.9. The van der Waals surface area contributed by atoms with E-state index in [2.05, 4.69) is 4.72 Å². The van der Waals surface area contributed by atoms with E-state index >= 15 is 0 Å². The van der Waals surface area contributed by atoms with Crippen molar-refractivity contribution < 1.29 is 17.9 Å². The molecule has 0 bridgehead atoms. The van der Waals surface area contributed by atoms with Crippen LogP contribution in [0.5, 0.6) is 5.75 Å². The van der Waals surface area contributed by atoms with E-state index in [1.54, 1.807) is 19.2 Å². The lowest BCUT2D eigenvalue weighted by molar-refractivity contribution is -0.120. The molecular formula is C23H24N2O4S. The Bertz CT molecular complexity index is 1130. The summed E-state index contributed by atoms with van der Waals surface area (Å²) in [7, 11) is -2.05. The number of likely N-dealkylation sites (N-methyl/N-ethyl adjacent to an activating group) is 1. The van der Waals surface area contributed by atoms with Crippen LogP contribution < -0.4 is 14.4 Å². The van der Waals surface area contributed by atoms with Crippen LogP contribution in [0.3, 0.4) is 0 Å². The zero-order chi connectivity index (χ0) is 21.7. The van der Waals surface area contributed by atoms with Gasteiger partial charge in [-0.15, -0.1) is 0 Å². The van der Waals surface area contributed by atoms with Crippen LogP contribution in [0.2, 0.25) is 0 Å². The van der Waals surface area contributed by atoms with Crippen molar-refractivity contribution in [2.24, 2.45) is 0 Å². The highest BCUT2D eigenvalue weighted by atomic mass is 32.2. The molecule has 0 unspecified atom stereocenters. The summed E-state index contributed by atoms with van der Waals surface area (Å²) in [6.07, 6.45) is 0. The molecule has 156 valence electrons. The van der Waals surface area contributed by atoms with Crippen LogP contribution in [0.25, 0.3) is 0 Å². The minimum absolute atomic E-state index is 0.112. The lowest BCUT2D eigenvalue weighted by atomic mass is 10.1. The highest BCUT2D eigenvalue weighted by Crippen LogP contribution is 2.21. The van der Waals surface area contributed by atoms with E-state index in [1.165, 1.54) is 29.2 Å². The second-order valence-corrected chi connectivity index (χ2v) is 8.64. The highest BCUT2D eigenvalue weighted by molar-refractivity contribution is 7.92. The number of carbonyl (C=O) groups is 1. The fraction of sp³-hybridized carbons (Fsp3) is 0.174. The Balaban J connectivity index is 1.62. The number of rotatable bonds is 7. The Hall–Kier alpha value is -3.32. The molecule has 7 heteroatoms. The summed E-state index contributed by atoms with van der Waals surface area (Å²) >= 11 is 0. The third-order valence-electron chi connectivity index (χ3n) is 4.77. The second kappa shape index (κ2) is 9.00. The molecule has 0 aliphatic carbocycles. The third-order valence-corrected chi connectivity index (χ3v) is 6.17. The number of aryl methyl sites for hydroxylation is 2. The van der Waals surface area contributed by atoms with Gasteiger partial charge in [-0.25, -0.2) is 8.42 Å². The lowest BCUT2D eigenvalue weighted by Crippen LogP contribution is -2.31. The van der Waals surface area contributed by atoms with Gasteiger partial charge in [0.1, 0.15) is 5.75 Å². The SMILES string of the molecule is Cc1ccc(NS(=O)(=O)c2ccc(OCC(=O)N(C)c3ccccc3)cc2)cc1C. The quantitative estimate of drug-likeness (QED) is 0.618. The van der Waals surface area contributed by atoms with E-state index in [0.717, 1.165) is 16.8 Å². The number of amides is 1. The molecule has 1 N–H and O–H groups in total. The van der Waals surface area contributed by atoms with E-state index in [9.17, 15) is 13.2 Å². The number of anilines is 2. The van der Waals surface area contributed by atoms with E-state index < -0.39 is 10.0 Å². The Kier molecular flexibility index (Phi) is 6.42. The fourth-order valence-electron chi connectivity index (χ4n) is 2.77. The maximum absolute atomic E-state index is 12.6. The van der Waals surface area contributed by atoms with Gasteiger partial charge in [-0.2, -0.15) is 0 Å². The fourth-order valence-corrected chi connectivity index (χ4v) is 3.82. The van der Waals surface area contributed by atoms with Crippen molar-refractivity contribution in [3.05, 3.63) is 83.9 Å². The van der Waals surface area contributed by atoms with E-state index in [4.69, 9.17) is 4.74 Å². The van der Waals surface area contributed by atoms with Crippen LogP contribution in [0, 0.1) is 13.8 Å². The Labute approximate surface area is 177 Å².